The largest absolute Gasteiger partial charge is 0.367 e. The lowest BCUT2D eigenvalue weighted by Crippen LogP contribution is -2.51. The van der Waals surface area contributed by atoms with Crippen molar-refractivity contribution in [1.29, 1.82) is 0 Å². The molecule has 2 atom stereocenters. The number of carbonyl (C=O) groups is 1. The van der Waals surface area contributed by atoms with E-state index >= 15 is 0 Å². The number of morpholine rings is 1. The fourth-order valence-electron chi connectivity index (χ4n) is 1.87. The normalized spacial score (nSPS) is 26.8. The molecule has 2 rings (SSSR count). The van der Waals surface area contributed by atoms with Crippen LogP contribution in [-0.2, 0) is 16.1 Å². The van der Waals surface area contributed by atoms with Gasteiger partial charge in [0.2, 0.25) is 5.91 Å². The number of rotatable bonds is 3. The highest BCUT2D eigenvalue weighted by molar-refractivity contribution is 5.79. The van der Waals surface area contributed by atoms with Crippen LogP contribution in [0.15, 0.2) is 16.9 Å². The predicted octanol–water partition coefficient (Wildman–Crippen LogP) is -0.251. The summed E-state index contributed by atoms with van der Waals surface area (Å²) >= 11 is 0. The van der Waals surface area contributed by atoms with Crippen LogP contribution in [0.1, 0.15) is 12.6 Å². The number of hydrogen-bond acceptors (Lipinski definition) is 5. The van der Waals surface area contributed by atoms with Gasteiger partial charge < -0.3 is 15.0 Å². The van der Waals surface area contributed by atoms with Crippen LogP contribution in [-0.4, -0.2) is 41.3 Å². The van der Waals surface area contributed by atoms with Crippen molar-refractivity contribution in [2.75, 3.05) is 13.1 Å². The molecule has 1 unspecified atom stereocenters. The summed E-state index contributed by atoms with van der Waals surface area (Å²) in [7, 11) is 0. The van der Waals surface area contributed by atoms with Crippen LogP contribution in [0.5, 0.6) is 0 Å². The summed E-state index contributed by atoms with van der Waals surface area (Å²) in [6, 6.07) is 1.80. The predicted molar refractivity (Wildman–Crippen MR) is 55.3 cm³/mol. The van der Waals surface area contributed by atoms with Gasteiger partial charge in [0.05, 0.1) is 11.8 Å². The van der Waals surface area contributed by atoms with Gasteiger partial charge in [-0.1, -0.05) is 5.16 Å². The highest BCUT2D eigenvalue weighted by Crippen LogP contribution is 2.13. The number of aromatic nitrogens is 1. The van der Waals surface area contributed by atoms with E-state index in [-0.39, 0.29) is 6.10 Å². The number of nitrogens with zero attached hydrogens (tertiary/aromatic N) is 2. The third-order valence-corrected chi connectivity index (χ3v) is 2.53. The Morgan fingerprint density at radius 2 is 2.50 bits per heavy atom. The van der Waals surface area contributed by atoms with Crippen LogP contribution in [0.4, 0.5) is 0 Å². The average Bonchev–Trinajstić information content (AvgIpc) is 2.69. The van der Waals surface area contributed by atoms with E-state index in [1.807, 2.05) is 6.92 Å². The quantitative estimate of drug-likeness (QED) is 0.767. The van der Waals surface area contributed by atoms with Gasteiger partial charge >= 0.3 is 0 Å². The molecule has 1 aliphatic heterocycles. The van der Waals surface area contributed by atoms with Gasteiger partial charge in [-0.25, -0.2) is 0 Å². The minimum absolute atomic E-state index is 0.00171. The third kappa shape index (κ3) is 2.59. The smallest absolute Gasteiger partial charge is 0.247 e. The van der Waals surface area contributed by atoms with Crippen LogP contribution in [0.2, 0.25) is 0 Å². The Morgan fingerprint density at radius 1 is 1.69 bits per heavy atom. The van der Waals surface area contributed by atoms with Crippen molar-refractivity contribution in [2.24, 2.45) is 5.73 Å². The maximum absolute atomic E-state index is 11.1. The molecule has 1 aromatic rings. The number of ether oxygens (including phenoxy) is 1. The first-order valence-corrected chi connectivity index (χ1v) is 5.21. The minimum Gasteiger partial charge on any atom is -0.367 e. The second-order valence-corrected chi connectivity index (χ2v) is 4.02. The average molecular weight is 225 g/mol. The highest BCUT2D eigenvalue weighted by Gasteiger charge is 2.29. The Balaban J connectivity index is 1.97. The van der Waals surface area contributed by atoms with E-state index < -0.39 is 12.0 Å². The van der Waals surface area contributed by atoms with Crippen LogP contribution >= 0.6 is 0 Å². The number of nitrogens with two attached hydrogens (primary N) is 1. The summed E-state index contributed by atoms with van der Waals surface area (Å²) in [6.45, 7) is 3.84. The maximum Gasteiger partial charge on any atom is 0.247 e. The fraction of sp³-hybridized carbons (Fsp3) is 0.600. The highest BCUT2D eigenvalue weighted by atomic mass is 16.5. The van der Waals surface area contributed by atoms with Crippen molar-refractivity contribution >= 4 is 5.91 Å². The summed E-state index contributed by atoms with van der Waals surface area (Å²) in [5.41, 5.74) is 6.09. The first-order chi connectivity index (χ1) is 7.65. The minimum atomic E-state index is -0.532. The van der Waals surface area contributed by atoms with E-state index in [1.54, 1.807) is 6.07 Å². The SMILES string of the molecule is C[C@@H]1CN(Cc2ccon2)CC(C(N)=O)O1. The van der Waals surface area contributed by atoms with E-state index in [9.17, 15) is 4.79 Å². The van der Waals surface area contributed by atoms with Gasteiger partial charge in [-0.2, -0.15) is 0 Å². The van der Waals surface area contributed by atoms with Crippen molar-refractivity contribution in [3.05, 3.63) is 18.0 Å². The van der Waals surface area contributed by atoms with Crippen LogP contribution in [0, 0.1) is 0 Å². The molecule has 1 aliphatic rings. The summed E-state index contributed by atoms with van der Waals surface area (Å²) in [4.78, 5) is 13.2. The van der Waals surface area contributed by atoms with E-state index in [2.05, 4.69) is 10.1 Å². The van der Waals surface area contributed by atoms with Gasteiger partial charge in [-0.05, 0) is 6.92 Å². The molecule has 6 nitrogen and oxygen atoms in total. The lowest BCUT2D eigenvalue weighted by Gasteiger charge is -2.34. The van der Waals surface area contributed by atoms with E-state index in [1.165, 1.54) is 6.26 Å². The van der Waals surface area contributed by atoms with Gasteiger partial charge in [-0.3, -0.25) is 9.69 Å². The van der Waals surface area contributed by atoms with Gasteiger partial charge in [0.15, 0.2) is 0 Å². The van der Waals surface area contributed by atoms with Crippen LogP contribution < -0.4 is 5.73 Å². The lowest BCUT2D eigenvalue weighted by atomic mass is 10.2. The standard InChI is InChI=1S/C10H15N3O3/c1-7-4-13(5-8-2-3-15-12-8)6-9(16-7)10(11)14/h2-3,7,9H,4-6H2,1H3,(H2,11,14)/t7-,9?/m1/s1. The second kappa shape index (κ2) is 4.63. The zero-order valence-electron chi connectivity index (χ0n) is 9.13. The third-order valence-electron chi connectivity index (χ3n) is 2.53. The number of carbonyl (C=O) groups excluding carboxylic acids is 1. The molecule has 0 saturated carbocycles. The molecule has 16 heavy (non-hydrogen) atoms. The molecule has 2 heterocycles. The molecule has 6 heteroatoms. The van der Waals surface area contributed by atoms with Gasteiger partial charge in [0.25, 0.3) is 0 Å². The van der Waals surface area contributed by atoms with E-state index in [0.29, 0.717) is 13.1 Å². The molecule has 88 valence electrons. The summed E-state index contributed by atoms with van der Waals surface area (Å²) < 4.78 is 10.2. The Bertz CT molecular complexity index is 352. The summed E-state index contributed by atoms with van der Waals surface area (Å²) in [6.07, 6.45) is 0.999. The molecular weight excluding hydrogens is 210 g/mol. The van der Waals surface area contributed by atoms with Crippen molar-refractivity contribution in [3.63, 3.8) is 0 Å². The Kier molecular flexibility index (Phi) is 3.21. The van der Waals surface area contributed by atoms with Gasteiger partial charge in [0, 0.05) is 25.7 Å². The molecule has 1 amide bonds. The molecule has 1 saturated heterocycles. The Labute approximate surface area is 93.3 Å². The Morgan fingerprint density at radius 3 is 3.12 bits per heavy atom. The molecular formula is C10H15N3O3. The molecule has 0 radical (unpaired) electrons. The zero-order chi connectivity index (χ0) is 11.5. The summed E-state index contributed by atoms with van der Waals surface area (Å²) in [5.74, 6) is -0.420. The second-order valence-electron chi connectivity index (χ2n) is 4.02. The lowest BCUT2D eigenvalue weighted by molar-refractivity contribution is -0.142. The number of amides is 1. The summed E-state index contributed by atoms with van der Waals surface area (Å²) in [5, 5.41) is 3.83. The van der Waals surface area contributed by atoms with Crippen molar-refractivity contribution in [3.8, 4) is 0 Å². The Hall–Kier alpha value is -1.40. The van der Waals surface area contributed by atoms with Crippen molar-refractivity contribution in [1.82, 2.24) is 10.1 Å². The van der Waals surface area contributed by atoms with Crippen LogP contribution in [0.25, 0.3) is 0 Å². The fourth-order valence-corrected chi connectivity index (χ4v) is 1.87. The molecule has 1 fully saturated rings. The molecule has 0 aromatic carbocycles. The molecule has 0 spiro atoms. The first-order valence-electron chi connectivity index (χ1n) is 5.21. The molecule has 1 aromatic heterocycles. The molecule has 0 aliphatic carbocycles. The van der Waals surface area contributed by atoms with Crippen LogP contribution in [0.3, 0.4) is 0 Å². The van der Waals surface area contributed by atoms with Crippen molar-refractivity contribution < 1.29 is 14.1 Å². The number of primary amides is 1. The first kappa shape index (κ1) is 11.1. The van der Waals surface area contributed by atoms with Crippen molar-refractivity contribution in [2.45, 2.75) is 25.7 Å². The topological polar surface area (TPSA) is 81.6 Å². The molecule has 2 N–H and O–H groups in total. The zero-order valence-corrected chi connectivity index (χ0v) is 9.13. The monoisotopic (exact) mass is 225 g/mol. The number of hydrogen-bond donors (Lipinski definition) is 1. The maximum atomic E-state index is 11.1. The van der Waals surface area contributed by atoms with Gasteiger partial charge in [-0.15, -0.1) is 0 Å². The van der Waals surface area contributed by atoms with E-state index in [0.717, 1.165) is 12.2 Å². The van der Waals surface area contributed by atoms with E-state index in [4.69, 9.17) is 15.0 Å². The molecule has 0 bridgehead atoms. The van der Waals surface area contributed by atoms with Gasteiger partial charge in [0.1, 0.15) is 12.4 Å².